The normalized spacial score (nSPS) is 18.9. The number of ketones is 1. The first kappa shape index (κ1) is 55.8. The van der Waals surface area contributed by atoms with Crippen molar-refractivity contribution in [2.75, 3.05) is 47.5 Å². The van der Waals surface area contributed by atoms with Crippen LogP contribution in [0, 0.1) is 25.7 Å². The topological polar surface area (TPSA) is 182 Å². The quantitative estimate of drug-likeness (QED) is 0.0215. The summed E-state index contributed by atoms with van der Waals surface area (Å²) < 4.78 is 40.2. The van der Waals surface area contributed by atoms with Crippen LogP contribution in [0.1, 0.15) is 171 Å². The Kier molecular flexibility index (Phi) is 27.6. The van der Waals surface area contributed by atoms with Crippen molar-refractivity contribution in [2.24, 2.45) is 11.8 Å². The number of likely N-dealkylation sites (N-methyl/N-ethyl adjacent to an activating group) is 1. The van der Waals surface area contributed by atoms with Crippen molar-refractivity contribution in [1.82, 2.24) is 0 Å². The van der Waals surface area contributed by atoms with Crippen molar-refractivity contribution >= 4 is 25.5 Å². The molecule has 13 nitrogen and oxygen atoms in total. The minimum atomic E-state index is -4.70. The lowest BCUT2D eigenvalue weighted by Gasteiger charge is -2.28. The highest BCUT2D eigenvalue weighted by Crippen LogP contribution is 2.38. The Hall–Kier alpha value is -2.38. The van der Waals surface area contributed by atoms with Crippen molar-refractivity contribution in [3.63, 3.8) is 0 Å². The van der Waals surface area contributed by atoms with E-state index in [0.29, 0.717) is 36.7 Å². The van der Waals surface area contributed by atoms with Crippen LogP contribution in [0.4, 0.5) is 0 Å². The van der Waals surface area contributed by atoms with Crippen LogP contribution < -0.4 is 4.89 Å². The summed E-state index contributed by atoms with van der Waals surface area (Å²) in [6.45, 7) is 8.08. The Balaban J connectivity index is 1.75. The molecule has 1 unspecified atom stereocenters. The van der Waals surface area contributed by atoms with Gasteiger partial charge in [-0.3, -0.25) is 18.9 Å². The zero-order valence-electron chi connectivity index (χ0n) is 39.5. The molecule has 1 heterocycles. The molecule has 1 aromatic rings. The van der Waals surface area contributed by atoms with Gasteiger partial charge in [0.1, 0.15) is 37.1 Å². The minimum Gasteiger partial charge on any atom is -0.756 e. The van der Waals surface area contributed by atoms with Crippen LogP contribution in [-0.4, -0.2) is 98.2 Å². The summed E-state index contributed by atoms with van der Waals surface area (Å²) in [6, 6.07) is 0. The Morgan fingerprint density at radius 1 is 0.823 bits per heavy atom. The van der Waals surface area contributed by atoms with E-state index in [1.165, 1.54) is 24.0 Å². The second-order valence-electron chi connectivity index (χ2n) is 18.5. The summed E-state index contributed by atoms with van der Waals surface area (Å²) in [4.78, 5) is 50.5. The van der Waals surface area contributed by atoms with Crippen LogP contribution in [0.2, 0.25) is 0 Å². The van der Waals surface area contributed by atoms with Crippen LogP contribution in [0.25, 0.3) is 0 Å². The van der Waals surface area contributed by atoms with E-state index in [1.807, 2.05) is 21.1 Å². The number of carbonyl (C=O) groups excluding carboxylic acids is 3. The van der Waals surface area contributed by atoms with Gasteiger partial charge >= 0.3 is 11.9 Å². The highest BCUT2D eigenvalue weighted by atomic mass is 31.2. The average Bonchev–Trinajstić information content (AvgIpc) is 3.63. The van der Waals surface area contributed by atoms with Gasteiger partial charge < -0.3 is 42.5 Å². The van der Waals surface area contributed by atoms with Crippen LogP contribution in [0.3, 0.4) is 0 Å². The molecule has 6 atom stereocenters. The highest BCUT2D eigenvalue weighted by Gasteiger charge is 2.39. The molecule has 0 aromatic carbocycles. The summed E-state index contributed by atoms with van der Waals surface area (Å²) in [7, 11) is 1.01. The van der Waals surface area contributed by atoms with E-state index in [9.17, 15) is 34.1 Å². The maximum Gasteiger partial charge on any atom is 0.306 e. The first-order chi connectivity index (χ1) is 29.5. The second-order valence-corrected chi connectivity index (χ2v) is 19.9. The standard InChI is InChI=1S/C48H84NO12P/c1-8-10-18-24-39(50)30-31-42-41(43(51)34-44(42)52)25-20-16-17-22-28-47(53)57-35-40(36-59-62(55,56)58-33-32-49(5,6)7)60-48(54)29-23-15-13-12-14-21-27-46-38(4)37(3)45(61-46)26-19-11-9-2/h30-31,39-43,50-51H,8-29,32-36H2,1-7H3/b31-30+/t39-,40+,41+,42+,43-/m0/s1. The molecule has 0 bridgehead atoms. The molecule has 1 fully saturated rings. The zero-order chi connectivity index (χ0) is 46.0. The summed E-state index contributed by atoms with van der Waals surface area (Å²) >= 11 is 0. The van der Waals surface area contributed by atoms with Crippen LogP contribution in [-0.2, 0) is 50.3 Å². The Morgan fingerprint density at radius 2 is 1.39 bits per heavy atom. The minimum absolute atomic E-state index is 0.00171. The van der Waals surface area contributed by atoms with E-state index < -0.39 is 50.6 Å². The van der Waals surface area contributed by atoms with Crippen molar-refractivity contribution < 1.29 is 61.5 Å². The third kappa shape index (κ3) is 24.1. The number of Topliss-reactive ketones (excluding diaryl/α,β-unsaturated/α-hetero) is 1. The van der Waals surface area contributed by atoms with E-state index in [1.54, 1.807) is 12.2 Å². The maximum atomic E-state index is 12.8. The number of nitrogens with zero attached hydrogens (tertiary/aromatic N) is 1. The first-order valence-electron chi connectivity index (χ1n) is 23.9. The molecular formula is C48H84NO12P. The summed E-state index contributed by atoms with van der Waals surface area (Å²) in [5.74, 6) is 0.632. The number of unbranched alkanes of at least 4 members (excludes halogenated alkanes) is 12. The van der Waals surface area contributed by atoms with Gasteiger partial charge in [-0.25, -0.2) is 0 Å². The third-order valence-corrected chi connectivity index (χ3v) is 12.9. The number of aliphatic hydroxyl groups is 2. The molecule has 358 valence electrons. The average molecular weight is 898 g/mol. The monoisotopic (exact) mass is 898 g/mol. The summed E-state index contributed by atoms with van der Waals surface area (Å²) in [5.41, 5.74) is 2.56. The number of ether oxygens (including phenoxy) is 2. The highest BCUT2D eigenvalue weighted by molar-refractivity contribution is 7.45. The molecule has 0 saturated heterocycles. The lowest BCUT2D eigenvalue weighted by molar-refractivity contribution is -0.870. The Bertz CT molecular complexity index is 1500. The third-order valence-electron chi connectivity index (χ3n) is 11.9. The Morgan fingerprint density at radius 3 is 2.02 bits per heavy atom. The predicted molar refractivity (Wildman–Crippen MR) is 240 cm³/mol. The fraction of sp³-hybridized carbons (Fsp3) is 0.812. The number of furan rings is 1. The van der Waals surface area contributed by atoms with Gasteiger partial charge in [0.15, 0.2) is 6.10 Å². The number of quaternary nitrogens is 1. The number of rotatable bonds is 36. The molecule has 2 rings (SSSR count). The van der Waals surface area contributed by atoms with Crippen molar-refractivity contribution in [3.8, 4) is 0 Å². The van der Waals surface area contributed by atoms with E-state index in [4.69, 9.17) is 22.9 Å². The number of aryl methyl sites for hydroxylation is 2. The molecule has 1 saturated carbocycles. The van der Waals surface area contributed by atoms with Crippen LogP contribution in [0.15, 0.2) is 16.6 Å². The van der Waals surface area contributed by atoms with Crippen LogP contribution in [0.5, 0.6) is 0 Å². The number of aliphatic hydroxyl groups excluding tert-OH is 2. The molecule has 62 heavy (non-hydrogen) atoms. The van der Waals surface area contributed by atoms with Gasteiger partial charge in [-0.05, 0) is 69.4 Å². The molecule has 0 spiro atoms. The largest absolute Gasteiger partial charge is 0.756 e. The SMILES string of the molecule is CCCCCc1oc(CCCCCCCCC(=O)O[C@H](COC(=O)CCCCCC[C@H]2[C@@H](O)CC(=O)[C@@H]2/C=C/[C@@H](O)CCCCC)COP(=O)([O-])OCC[N+](C)(C)C)c(C)c1C. The Labute approximate surface area is 373 Å². The molecule has 0 aliphatic heterocycles. The van der Waals surface area contributed by atoms with E-state index in [2.05, 4.69) is 27.7 Å². The molecule has 1 aromatic heterocycles. The van der Waals surface area contributed by atoms with Crippen molar-refractivity contribution in [3.05, 3.63) is 34.8 Å². The number of esters is 2. The fourth-order valence-electron chi connectivity index (χ4n) is 7.80. The number of hydrogen-bond donors (Lipinski definition) is 2. The van der Waals surface area contributed by atoms with E-state index >= 15 is 0 Å². The molecule has 1 aliphatic rings. The fourth-order valence-corrected chi connectivity index (χ4v) is 8.52. The molecule has 2 N–H and O–H groups in total. The van der Waals surface area contributed by atoms with E-state index in [0.717, 1.165) is 101 Å². The number of allylic oxidation sites excluding steroid dienone is 1. The van der Waals surface area contributed by atoms with Gasteiger partial charge in [-0.15, -0.1) is 0 Å². The summed E-state index contributed by atoms with van der Waals surface area (Å²) in [6.07, 6.45) is 19.8. The molecular weight excluding hydrogens is 813 g/mol. The maximum absolute atomic E-state index is 12.8. The molecule has 0 amide bonds. The van der Waals surface area contributed by atoms with Crippen molar-refractivity contribution in [1.29, 1.82) is 0 Å². The number of hydrogen-bond acceptors (Lipinski definition) is 12. The van der Waals surface area contributed by atoms with Gasteiger partial charge in [0, 0.05) is 38.0 Å². The van der Waals surface area contributed by atoms with Crippen molar-refractivity contribution in [2.45, 2.75) is 194 Å². The smallest absolute Gasteiger partial charge is 0.306 e. The molecule has 0 radical (unpaired) electrons. The number of carbonyl (C=O) groups is 3. The zero-order valence-corrected chi connectivity index (χ0v) is 40.4. The van der Waals surface area contributed by atoms with Gasteiger partial charge in [0.05, 0.1) is 40.0 Å². The molecule has 14 heteroatoms. The lowest BCUT2D eigenvalue weighted by atomic mass is 9.88. The van der Waals surface area contributed by atoms with E-state index in [-0.39, 0.29) is 44.2 Å². The van der Waals surface area contributed by atoms with Crippen LogP contribution >= 0.6 is 7.82 Å². The van der Waals surface area contributed by atoms with Gasteiger partial charge in [0.25, 0.3) is 7.82 Å². The predicted octanol–water partition coefficient (Wildman–Crippen LogP) is 8.97. The number of phosphoric acid groups is 1. The van der Waals surface area contributed by atoms with Gasteiger partial charge in [-0.1, -0.05) is 103 Å². The summed E-state index contributed by atoms with van der Waals surface area (Å²) in [5, 5.41) is 20.8. The molecule has 1 aliphatic carbocycles. The first-order valence-corrected chi connectivity index (χ1v) is 25.3. The van der Waals surface area contributed by atoms with Gasteiger partial charge in [-0.2, -0.15) is 0 Å². The number of phosphoric ester groups is 1. The second kappa shape index (κ2) is 30.7. The lowest BCUT2D eigenvalue weighted by Crippen LogP contribution is -2.37. The van der Waals surface area contributed by atoms with Gasteiger partial charge in [0.2, 0.25) is 0 Å².